The lowest BCUT2D eigenvalue weighted by molar-refractivity contribution is -0.815. The van der Waals surface area contributed by atoms with E-state index in [9.17, 15) is 0 Å². The summed E-state index contributed by atoms with van der Waals surface area (Å²) in [4.78, 5) is 0. The van der Waals surface area contributed by atoms with Gasteiger partial charge in [-0.3, -0.25) is 0 Å². The van der Waals surface area contributed by atoms with Crippen LogP contribution in [0.25, 0.3) is 0 Å². The molecule has 0 spiro atoms. The molecule has 2 saturated heterocycles. The Bertz CT molecular complexity index is 629. The fourth-order valence-electron chi connectivity index (χ4n) is 8.10. The summed E-state index contributed by atoms with van der Waals surface area (Å²) in [7, 11) is 0. The number of nitrogens with zero attached hydrogens (tertiary/aromatic N) is 1. The maximum atomic E-state index is 6.74. The van der Waals surface area contributed by atoms with Crippen molar-refractivity contribution < 1.29 is 9.30 Å². The van der Waals surface area contributed by atoms with Crippen molar-refractivity contribution in [1.29, 1.82) is 0 Å². The number of hydrogen-bond donors (Lipinski definition) is 0. The second-order valence-corrected chi connectivity index (χ2v) is 8.04. The van der Waals surface area contributed by atoms with Gasteiger partial charge in [0.05, 0.1) is 17.9 Å². The second kappa shape index (κ2) is 2.28. The van der Waals surface area contributed by atoms with Crippen LogP contribution in [0.5, 0.6) is 0 Å². The molecule has 0 amide bonds. The molecule has 7 fully saturated rings. The SMILES string of the molecule is Cc1cc[n+](C23OC4C5C6CC(C7C6C4C72)C53)cc1. The number of hydrogen-bond acceptors (Lipinski definition) is 1. The van der Waals surface area contributed by atoms with Crippen LogP contribution in [0.4, 0.5) is 0 Å². The molecule has 2 heteroatoms. The second-order valence-electron chi connectivity index (χ2n) is 8.04. The fourth-order valence-corrected chi connectivity index (χ4v) is 8.10. The van der Waals surface area contributed by atoms with Crippen LogP contribution in [-0.4, -0.2) is 6.10 Å². The number of rotatable bonds is 1. The molecule has 7 aliphatic rings. The predicted molar refractivity (Wildman–Crippen MR) is 66.8 cm³/mol. The van der Waals surface area contributed by atoms with E-state index in [4.69, 9.17) is 4.74 Å². The molecule has 5 saturated carbocycles. The standard InChI is InChI=1S/C17H18NO/c1-7-2-4-18(5-3-7)17-14-9-6-8-10-11(9)15(17)13(10)16(19-17)12(8)14/h2-5,8-16H,6H2,1H3/q+1. The molecule has 3 heterocycles. The van der Waals surface area contributed by atoms with Crippen LogP contribution in [0.15, 0.2) is 24.5 Å². The van der Waals surface area contributed by atoms with Crippen molar-refractivity contribution in [3.8, 4) is 0 Å². The molecule has 2 aliphatic heterocycles. The molecule has 96 valence electrons. The Kier molecular flexibility index (Phi) is 1.10. The zero-order valence-electron chi connectivity index (χ0n) is 11.1. The van der Waals surface area contributed by atoms with Crippen molar-refractivity contribution in [3.63, 3.8) is 0 Å². The minimum atomic E-state index is 0.0881. The Balaban J connectivity index is 1.53. The van der Waals surface area contributed by atoms with Gasteiger partial charge in [0.25, 0.3) is 5.72 Å². The third kappa shape index (κ3) is 0.609. The first-order chi connectivity index (χ1) is 9.32. The predicted octanol–water partition coefficient (Wildman–Crippen LogP) is 1.72. The normalized spacial score (nSPS) is 67.5. The van der Waals surface area contributed by atoms with Crippen molar-refractivity contribution in [2.24, 2.45) is 47.3 Å². The zero-order chi connectivity index (χ0) is 12.1. The van der Waals surface area contributed by atoms with Crippen molar-refractivity contribution in [1.82, 2.24) is 0 Å². The third-order valence-corrected chi connectivity index (χ3v) is 8.06. The monoisotopic (exact) mass is 252 g/mol. The van der Waals surface area contributed by atoms with E-state index in [1.807, 2.05) is 0 Å². The van der Waals surface area contributed by atoms with Crippen LogP contribution in [0.3, 0.4) is 0 Å². The van der Waals surface area contributed by atoms with Crippen molar-refractivity contribution in [2.75, 3.05) is 0 Å². The molecule has 1 aromatic heterocycles. The summed E-state index contributed by atoms with van der Waals surface area (Å²) < 4.78 is 9.22. The minimum Gasteiger partial charge on any atom is -0.314 e. The van der Waals surface area contributed by atoms with E-state index in [1.54, 1.807) is 6.42 Å². The van der Waals surface area contributed by atoms with Gasteiger partial charge in [0.2, 0.25) is 0 Å². The number of pyridine rings is 1. The number of aryl methyl sites for hydroxylation is 1. The molecule has 4 bridgehead atoms. The van der Waals surface area contributed by atoms with E-state index in [0.717, 1.165) is 47.3 Å². The smallest absolute Gasteiger partial charge is 0.279 e. The first kappa shape index (κ1) is 9.12. The van der Waals surface area contributed by atoms with E-state index in [1.165, 1.54) is 5.56 Å². The molecule has 0 radical (unpaired) electrons. The van der Waals surface area contributed by atoms with Gasteiger partial charge in [-0.1, -0.05) is 0 Å². The highest BCUT2D eigenvalue weighted by molar-refractivity contribution is 5.35. The van der Waals surface area contributed by atoms with Gasteiger partial charge >= 0.3 is 0 Å². The van der Waals surface area contributed by atoms with Gasteiger partial charge in [0, 0.05) is 24.0 Å². The van der Waals surface area contributed by atoms with Gasteiger partial charge in [-0.05, 0) is 42.6 Å². The topological polar surface area (TPSA) is 13.1 Å². The van der Waals surface area contributed by atoms with E-state index < -0.39 is 0 Å². The summed E-state index contributed by atoms with van der Waals surface area (Å²) in [6.07, 6.45) is 6.78. The summed E-state index contributed by atoms with van der Waals surface area (Å²) in [5.41, 5.74) is 1.44. The largest absolute Gasteiger partial charge is 0.314 e. The van der Waals surface area contributed by atoms with Crippen LogP contribution in [0.1, 0.15) is 12.0 Å². The number of aromatic nitrogens is 1. The van der Waals surface area contributed by atoms with E-state index in [-0.39, 0.29) is 5.72 Å². The lowest BCUT2D eigenvalue weighted by Crippen LogP contribution is -2.63. The maximum absolute atomic E-state index is 6.74. The van der Waals surface area contributed by atoms with Crippen LogP contribution in [0.2, 0.25) is 0 Å². The Morgan fingerprint density at radius 3 is 2.74 bits per heavy atom. The van der Waals surface area contributed by atoms with Gasteiger partial charge < -0.3 is 4.74 Å². The lowest BCUT2D eigenvalue weighted by atomic mass is 9.59. The maximum Gasteiger partial charge on any atom is 0.279 e. The number of ether oxygens (including phenoxy) is 1. The molecule has 19 heavy (non-hydrogen) atoms. The Morgan fingerprint density at radius 1 is 1.05 bits per heavy atom. The highest BCUT2D eigenvalue weighted by Gasteiger charge is 2.96. The van der Waals surface area contributed by atoms with Crippen LogP contribution < -0.4 is 4.57 Å². The Labute approximate surface area is 112 Å². The van der Waals surface area contributed by atoms with Gasteiger partial charge in [-0.25, -0.2) is 0 Å². The fraction of sp³-hybridized carbons (Fsp3) is 0.706. The molecular weight excluding hydrogens is 234 g/mol. The molecule has 0 aromatic carbocycles. The summed E-state index contributed by atoms with van der Waals surface area (Å²) in [6.45, 7) is 2.18. The van der Waals surface area contributed by atoms with Gasteiger partial charge in [-0.2, -0.15) is 4.57 Å². The average Bonchev–Trinajstić information content (AvgIpc) is 3.01. The molecular formula is C17H18NO+. The average molecular weight is 252 g/mol. The van der Waals surface area contributed by atoms with Crippen molar-refractivity contribution in [2.45, 2.75) is 25.2 Å². The molecule has 1 aromatic rings. The zero-order valence-corrected chi connectivity index (χ0v) is 11.1. The summed E-state index contributed by atoms with van der Waals surface area (Å²) in [5, 5.41) is 0. The summed E-state index contributed by atoms with van der Waals surface area (Å²) in [5.74, 6) is 7.80. The van der Waals surface area contributed by atoms with Crippen molar-refractivity contribution in [3.05, 3.63) is 30.1 Å². The first-order valence-electron chi connectivity index (χ1n) is 7.98. The van der Waals surface area contributed by atoms with E-state index in [2.05, 4.69) is 36.0 Å². The van der Waals surface area contributed by atoms with E-state index in [0.29, 0.717) is 6.10 Å². The molecule has 0 N–H and O–H groups in total. The van der Waals surface area contributed by atoms with Crippen LogP contribution >= 0.6 is 0 Å². The molecule has 10 atom stereocenters. The molecule has 5 aliphatic carbocycles. The summed E-state index contributed by atoms with van der Waals surface area (Å²) in [6, 6.07) is 4.51. The molecule has 8 rings (SSSR count). The van der Waals surface area contributed by atoms with E-state index >= 15 is 0 Å². The van der Waals surface area contributed by atoms with Gasteiger partial charge in [0.1, 0.15) is 0 Å². The van der Waals surface area contributed by atoms with Crippen LogP contribution in [0, 0.1) is 54.3 Å². The molecule has 10 unspecified atom stereocenters. The third-order valence-electron chi connectivity index (χ3n) is 8.06. The van der Waals surface area contributed by atoms with Gasteiger partial charge in [0.15, 0.2) is 12.4 Å². The van der Waals surface area contributed by atoms with Crippen LogP contribution in [-0.2, 0) is 10.5 Å². The van der Waals surface area contributed by atoms with Gasteiger partial charge in [-0.15, -0.1) is 0 Å². The summed E-state index contributed by atoms with van der Waals surface area (Å²) >= 11 is 0. The molecule has 2 nitrogen and oxygen atoms in total. The quantitative estimate of drug-likeness (QED) is 0.694. The Morgan fingerprint density at radius 2 is 1.89 bits per heavy atom. The lowest BCUT2D eigenvalue weighted by Gasteiger charge is -2.43. The first-order valence-corrected chi connectivity index (χ1v) is 7.98. The van der Waals surface area contributed by atoms with Crippen molar-refractivity contribution >= 4 is 0 Å². The highest BCUT2D eigenvalue weighted by atomic mass is 16.5. The highest BCUT2D eigenvalue weighted by Crippen LogP contribution is 2.90. The Hall–Kier alpha value is -0.890. The minimum absolute atomic E-state index is 0.0881.